The summed E-state index contributed by atoms with van der Waals surface area (Å²) in [5.41, 5.74) is 6.04. The standard InChI is InChI=1S/C13H17BrN6O/c14-10-7-20-6-3-16-13(20)12(18-10)17-9-1-4-19(5-2-9)8-11(15)21/h3,6-7,9H,1-2,4-5,8H2,(H2,15,21)(H,17,18). The van der Waals surface area contributed by atoms with E-state index in [1.54, 1.807) is 6.20 Å². The van der Waals surface area contributed by atoms with Crippen molar-refractivity contribution in [2.75, 3.05) is 25.0 Å². The molecule has 0 atom stereocenters. The number of aromatic nitrogens is 3. The number of amides is 1. The maximum Gasteiger partial charge on any atom is 0.231 e. The summed E-state index contributed by atoms with van der Waals surface area (Å²) >= 11 is 3.41. The fourth-order valence-electron chi connectivity index (χ4n) is 2.65. The molecule has 1 amide bonds. The zero-order valence-electron chi connectivity index (χ0n) is 11.5. The number of rotatable bonds is 4. The third-order valence-electron chi connectivity index (χ3n) is 3.65. The Morgan fingerprint density at radius 3 is 2.95 bits per heavy atom. The SMILES string of the molecule is NC(=O)CN1CCC(Nc2nc(Br)cn3ccnc23)CC1. The van der Waals surface area contributed by atoms with Gasteiger partial charge in [-0.2, -0.15) is 0 Å². The maximum absolute atomic E-state index is 10.9. The number of anilines is 1. The van der Waals surface area contributed by atoms with Gasteiger partial charge in [-0.15, -0.1) is 0 Å². The van der Waals surface area contributed by atoms with Crippen LogP contribution in [-0.2, 0) is 4.79 Å². The number of carbonyl (C=O) groups is 1. The molecule has 1 saturated heterocycles. The Balaban J connectivity index is 1.67. The highest BCUT2D eigenvalue weighted by Crippen LogP contribution is 2.20. The highest BCUT2D eigenvalue weighted by molar-refractivity contribution is 9.10. The fraction of sp³-hybridized carbons (Fsp3) is 0.462. The average molecular weight is 353 g/mol. The maximum atomic E-state index is 10.9. The van der Waals surface area contributed by atoms with E-state index in [9.17, 15) is 4.79 Å². The average Bonchev–Trinajstić information content (AvgIpc) is 2.88. The molecule has 3 rings (SSSR count). The predicted molar refractivity (Wildman–Crippen MR) is 83.0 cm³/mol. The first-order valence-corrected chi connectivity index (χ1v) is 7.67. The van der Waals surface area contributed by atoms with Gasteiger partial charge in [0.2, 0.25) is 5.91 Å². The molecule has 2 aromatic rings. The van der Waals surface area contributed by atoms with E-state index in [2.05, 4.69) is 36.1 Å². The molecule has 1 aliphatic heterocycles. The molecule has 21 heavy (non-hydrogen) atoms. The summed E-state index contributed by atoms with van der Waals surface area (Å²) in [5.74, 6) is 0.511. The lowest BCUT2D eigenvalue weighted by Crippen LogP contribution is -2.43. The Bertz CT molecular complexity index is 649. The number of nitrogens with two attached hydrogens (primary N) is 1. The Morgan fingerprint density at radius 2 is 2.24 bits per heavy atom. The minimum Gasteiger partial charge on any atom is -0.369 e. The number of piperidine rings is 1. The van der Waals surface area contributed by atoms with Gasteiger partial charge < -0.3 is 15.5 Å². The number of hydrogen-bond acceptors (Lipinski definition) is 5. The van der Waals surface area contributed by atoms with E-state index in [-0.39, 0.29) is 5.91 Å². The Hall–Kier alpha value is -1.67. The first-order valence-electron chi connectivity index (χ1n) is 6.88. The Morgan fingerprint density at radius 1 is 1.48 bits per heavy atom. The van der Waals surface area contributed by atoms with E-state index in [0.29, 0.717) is 12.6 Å². The van der Waals surface area contributed by atoms with E-state index in [0.717, 1.165) is 42.0 Å². The quantitative estimate of drug-likeness (QED) is 0.851. The van der Waals surface area contributed by atoms with Crippen molar-refractivity contribution in [3.63, 3.8) is 0 Å². The minimum absolute atomic E-state index is 0.269. The first-order chi connectivity index (χ1) is 10.1. The molecule has 0 aromatic carbocycles. The van der Waals surface area contributed by atoms with Crippen LogP contribution in [0.3, 0.4) is 0 Å². The highest BCUT2D eigenvalue weighted by atomic mass is 79.9. The Labute approximate surface area is 130 Å². The van der Waals surface area contributed by atoms with Crippen LogP contribution in [0.4, 0.5) is 5.82 Å². The molecule has 2 aromatic heterocycles. The van der Waals surface area contributed by atoms with Crippen LogP contribution in [-0.4, -0.2) is 50.9 Å². The van der Waals surface area contributed by atoms with E-state index in [1.807, 2.05) is 16.8 Å². The summed E-state index contributed by atoms with van der Waals surface area (Å²) in [4.78, 5) is 21.8. The summed E-state index contributed by atoms with van der Waals surface area (Å²) in [5, 5.41) is 3.46. The van der Waals surface area contributed by atoms with Gasteiger partial charge in [-0.3, -0.25) is 9.69 Å². The van der Waals surface area contributed by atoms with Crippen LogP contribution in [0.25, 0.3) is 5.65 Å². The molecule has 0 aliphatic carbocycles. The van der Waals surface area contributed by atoms with Gasteiger partial charge in [-0.1, -0.05) is 0 Å². The number of carbonyl (C=O) groups excluding carboxylic acids is 1. The molecule has 7 nitrogen and oxygen atoms in total. The molecular formula is C13H17BrN6O. The molecule has 0 spiro atoms. The molecule has 8 heteroatoms. The third kappa shape index (κ3) is 3.33. The van der Waals surface area contributed by atoms with Crippen LogP contribution >= 0.6 is 15.9 Å². The lowest BCUT2D eigenvalue weighted by atomic mass is 10.1. The number of likely N-dealkylation sites (tertiary alicyclic amines) is 1. The number of nitrogens with one attached hydrogen (secondary N) is 1. The molecule has 1 aliphatic rings. The predicted octanol–water partition coefficient (Wildman–Crippen LogP) is 0.853. The summed E-state index contributed by atoms with van der Waals surface area (Å²) in [7, 11) is 0. The summed E-state index contributed by atoms with van der Waals surface area (Å²) in [6.45, 7) is 2.06. The Kier molecular flexibility index (Phi) is 4.07. The zero-order chi connectivity index (χ0) is 14.8. The van der Waals surface area contributed by atoms with Gasteiger partial charge in [-0.05, 0) is 28.8 Å². The van der Waals surface area contributed by atoms with Crippen LogP contribution in [0.5, 0.6) is 0 Å². The second-order valence-electron chi connectivity index (χ2n) is 5.23. The molecule has 3 N–H and O–H groups in total. The number of imidazole rings is 1. The van der Waals surface area contributed by atoms with Crippen molar-refractivity contribution in [2.24, 2.45) is 5.73 Å². The molecule has 0 saturated carbocycles. The third-order valence-corrected chi connectivity index (χ3v) is 4.03. The minimum atomic E-state index is -0.269. The summed E-state index contributed by atoms with van der Waals surface area (Å²) < 4.78 is 2.70. The van der Waals surface area contributed by atoms with E-state index in [4.69, 9.17) is 5.73 Å². The van der Waals surface area contributed by atoms with Crippen molar-refractivity contribution >= 4 is 33.3 Å². The summed E-state index contributed by atoms with van der Waals surface area (Å²) in [6, 6.07) is 0.330. The van der Waals surface area contributed by atoms with Crippen molar-refractivity contribution in [1.29, 1.82) is 0 Å². The molecule has 0 radical (unpaired) electrons. The van der Waals surface area contributed by atoms with Crippen molar-refractivity contribution < 1.29 is 4.79 Å². The van der Waals surface area contributed by atoms with Gasteiger partial charge in [0, 0.05) is 37.7 Å². The summed E-state index contributed by atoms with van der Waals surface area (Å²) in [6.07, 6.45) is 7.43. The molecule has 0 bridgehead atoms. The second-order valence-corrected chi connectivity index (χ2v) is 6.04. The van der Waals surface area contributed by atoms with Crippen molar-refractivity contribution in [3.05, 3.63) is 23.2 Å². The number of halogens is 1. The second kappa shape index (κ2) is 5.98. The van der Waals surface area contributed by atoms with Crippen LogP contribution < -0.4 is 11.1 Å². The largest absolute Gasteiger partial charge is 0.369 e. The highest BCUT2D eigenvalue weighted by Gasteiger charge is 2.21. The van der Waals surface area contributed by atoms with Gasteiger partial charge in [0.25, 0.3) is 0 Å². The van der Waals surface area contributed by atoms with E-state index >= 15 is 0 Å². The van der Waals surface area contributed by atoms with Gasteiger partial charge >= 0.3 is 0 Å². The molecule has 112 valence electrons. The fourth-order valence-corrected chi connectivity index (χ4v) is 3.04. The number of primary amides is 1. The lowest BCUT2D eigenvalue weighted by Gasteiger charge is -2.31. The number of hydrogen-bond donors (Lipinski definition) is 2. The molecule has 1 fully saturated rings. The van der Waals surface area contributed by atoms with Gasteiger partial charge in [0.15, 0.2) is 11.5 Å². The van der Waals surface area contributed by atoms with Crippen LogP contribution in [0.2, 0.25) is 0 Å². The number of nitrogens with zero attached hydrogens (tertiary/aromatic N) is 4. The molecule has 0 unspecified atom stereocenters. The normalized spacial score (nSPS) is 17.2. The smallest absolute Gasteiger partial charge is 0.231 e. The van der Waals surface area contributed by atoms with Crippen molar-refractivity contribution in [2.45, 2.75) is 18.9 Å². The topological polar surface area (TPSA) is 88.5 Å². The van der Waals surface area contributed by atoms with Gasteiger partial charge in [0.1, 0.15) is 4.60 Å². The van der Waals surface area contributed by atoms with Crippen LogP contribution in [0.1, 0.15) is 12.8 Å². The first kappa shape index (κ1) is 14.3. The van der Waals surface area contributed by atoms with E-state index < -0.39 is 0 Å². The van der Waals surface area contributed by atoms with Crippen LogP contribution in [0.15, 0.2) is 23.2 Å². The van der Waals surface area contributed by atoms with E-state index in [1.165, 1.54) is 0 Å². The van der Waals surface area contributed by atoms with Crippen molar-refractivity contribution in [3.8, 4) is 0 Å². The van der Waals surface area contributed by atoms with Gasteiger partial charge in [0.05, 0.1) is 6.54 Å². The molecule has 3 heterocycles. The van der Waals surface area contributed by atoms with Crippen molar-refractivity contribution in [1.82, 2.24) is 19.3 Å². The van der Waals surface area contributed by atoms with Gasteiger partial charge in [-0.25, -0.2) is 9.97 Å². The van der Waals surface area contributed by atoms with Crippen LogP contribution in [0, 0.1) is 0 Å². The monoisotopic (exact) mass is 352 g/mol. The number of fused-ring (bicyclic) bond motifs is 1. The molecular weight excluding hydrogens is 336 g/mol. The lowest BCUT2D eigenvalue weighted by molar-refractivity contribution is -0.119. The zero-order valence-corrected chi connectivity index (χ0v) is 13.1.